The van der Waals surface area contributed by atoms with E-state index in [4.69, 9.17) is 4.74 Å². The van der Waals surface area contributed by atoms with E-state index in [9.17, 15) is 0 Å². The largest absolute Gasteiger partial charge is 0.496 e. The monoisotopic (exact) mass is 257 g/mol. The van der Waals surface area contributed by atoms with Crippen LogP contribution in [0.4, 0.5) is 0 Å². The minimum absolute atomic E-state index is 0.815. The van der Waals surface area contributed by atoms with Gasteiger partial charge in [0.15, 0.2) is 5.82 Å². The highest BCUT2D eigenvalue weighted by Crippen LogP contribution is 2.28. The number of unbranched alkanes of at least 4 members (excludes halogenated alkanes) is 1. The van der Waals surface area contributed by atoms with Gasteiger partial charge in [-0.3, -0.25) is 0 Å². The average molecular weight is 257 g/mol. The van der Waals surface area contributed by atoms with Crippen molar-refractivity contribution in [2.75, 3.05) is 7.11 Å². The molecule has 4 heteroatoms. The first kappa shape index (κ1) is 13.3. The Kier molecular flexibility index (Phi) is 4.34. The van der Waals surface area contributed by atoms with Gasteiger partial charge < -0.3 is 9.30 Å². The van der Waals surface area contributed by atoms with E-state index in [0.29, 0.717) is 0 Å². The second kappa shape index (κ2) is 6.18. The highest BCUT2D eigenvalue weighted by Gasteiger charge is 2.13. The standard InChI is InChI=1S/C15H19N3O/c1-4-5-6-11-14-16-17-15(18(14)2)12-9-7-8-10-13(12)19-3/h4,7-10H,1,5-6,11H2,2-3H3. The predicted molar refractivity (Wildman–Crippen MR) is 76.1 cm³/mol. The highest BCUT2D eigenvalue weighted by molar-refractivity contribution is 5.64. The average Bonchev–Trinajstić information content (AvgIpc) is 2.80. The van der Waals surface area contributed by atoms with E-state index in [1.54, 1.807) is 7.11 Å². The van der Waals surface area contributed by atoms with Gasteiger partial charge >= 0.3 is 0 Å². The van der Waals surface area contributed by atoms with Crippen LogP contribution >= 0.6 is 0 Å². The van der Waals surface area contributed by atoms with Crippen molar-refractivity contribution in [2.45, 2.75) is 19.3 Å². The molecule has 2 aromatic rings. The van der Waals surface area contributed by atoms with Gasteiger partial charge in [-0.15, -0.1) is 16.8 Å². The van der Waals surface area contributed by atoms with Crippen LogP contribution in [0, 0.1) is 0 Å². The van der Waals surface area contributed by atoms with Crippen molar-refractivity contribution >= 4 is 0 Å². The Balaban J connectivity index is 2.28. The molecule has 0 radical (unpaired) electrons. The lowest BCUT2D eigenvalue weighted by atomic mass is 10.2. The molecule has 0 saturated carbocycles. The third-order valence-corrected chi connectivity index (χ3v) is 3.12. The summed E-state index contributed by atoms with van der Waals surface area (Å²) in [6.45, 7) is 3.73. The first-order valence-corrected chi connectivity index (χ1v) is 6.40. The van der Waals surface area contributed by atoms with E-state index in [0.717, 1.165) is 42.2 Å². The van der Waals surface area contributed by atoms with Gasteiger partial charge in [0.2, 0.25) is 0 Å². The number of rotatable bonds is 6. The van der Waals surface area contributed by atoms with Crippen LogP contribution in [0.2, 0.25) is 0 Å². The SMILES string of the molecule is C=CCCCc1nnc(-c2ccccc2OC)n1C. The number of aryl methyl sites for hydroxylation is 1. The molecule has 0 bridgehead atoms. The number of aromatic nitrogens is 3. The summed E-state index contributed by atoms with van der Waals surface area (Å²) in [5.41, 5.74) is 0.968. The van der Waals surface area contributed by atoms with Crippen LogP contribution in [0.3, 0.4) is 0 Å². The van der Waals surface area contributed by atoms with Crippen LogP contribution < -0.4 is 4.74 Å². The number of benzene rings is 1. The first-order valence-electron chi connectivity index (χ1n) is 6.40. The maximum absolute atomic E-state index is 5.37. The Morgan fingerprint density at radius 1 is 1.32 bits per heavy atom. The maximum atomic E-state index is 5.37. The molecular formula is C15H19N3O. The Morgan fingerprint density at radius 3 is 2.84 bits per heavy atom. The zero-order chi connectivity index (χ0) is 13.7. The molecule has 0 aliphatic rings. The van der Waals surface area contributed by atoms with Gasteiger partial charge in [-0.2, -0.15) is 0 Å². The molecule has 19 heavy (non-hydrogen) atoms. The van der Waals surface area contributed by atoms with Gasteiger partial charge in [-0.1, -0.05) is 18.2 Å². The van der Waals surface area contributed by atoms with Crippen LogP contribution in [0.25, 0.3) is 11.4 Å². The molecule has 0 N–H and O–H groups in total. The summed E-state index contributed by atoms with van der Waals surface area (Å²) in [7, 11) is 3.66. The molecule has 1 heterocycles. The van der Waals surface area contributed by atoms with E-state index in [1.165, 1.54) is 0 Å². The molecule has 1 aromatic heterocycles. The lowest BCUT2D eigenvalue weighted by molar-refractivity contribution is 0.416. The smallest absolute Gasteiger partial charge is 0.167 e. The van der Waals surface area contributed by atoms with Crippen molar-refractivity contribution in [3.63, 3.8) is 0 Å². The number of allylic oxidation sites excluding steroid dienone is 1. The number of nitrogens with zero attached hydrogens (tertiary/aromatic N) is 3. The summed E-state index contributed by atoms with van der Waals surface area (Å²) < 4.78 is 7.40. The van der Waals surface area contributed by atoms with Gasteiger partial charge in [0.05, 0.1) is 12.7 Å². The third-order valence-electron chi connectivity index (χ3n) is 3.12. The van der Waals surface area contributed by atoms with E-state index >= 15 is 0 Å². The molecule has 0 atom stereocenters. The van der Waals surface area contributed by atoms with Crippen LogP contribution in [0.1, 0.15) is 18.7 Å². The van der Waals surface area contributed by atoms with E-state index in [1.807, 2.05) is 42.0 Å². The minimum Gasteiger partial charge on any atom is -0.496 e. The van der Waals surface area contributed by atoms with Crippen molar-refractivity contribution in [3.8, 4) is 17.1 Å². The molecule has 0 unspecified atom stereocenters. The molecule has 0 amide bonds. The molecule has 1 aromatic carbocycles. The number of hydrogen-bond donors (Lipinski definition) is 0. The summed E-state index contributed by atoms with van der Waals surface area (Å²) in [4.78, 5) is 0. The molecule has 0 saturated heterocycles. The fourth-order valence-corrected chi connectivity index (χ4v) is 2.05. The van der Waals surface area contributed by atoms with E-state index in [-0.39, 0.29) is 0 Å². The van der Waals surface area contributed by atoms with Gasteiger partial charge in [-0.25, -0.2) is 0 Å². The fraction of sp³-hybridized carbons (Fsp3) is 0.333. The lowest BCUT2D eigenvalue weighted by Crippen LogP contribution is -2.00. The quantitative estimate of drug-likeness (QED) is 0.590. The fourth-order valence-electron chi connectivity index (χ4n) is 2.05. The molecule has 0 fully saturated rings. The van der Waals surface area contributed by atoms with Gasteiger partial charge in [0.25, 0.3) is 0 Å². The van der Waals surface area contributed by atoms with Crippen molar-refractivity contribution in [1.29, 1.82) is 0 Å². The second-order valence-corrected chi connectivity index (χ2v) is 4.38. The van der Waals surface area contributed by atoms with Crippen LogP contribution in [-0.4, -0.2) is 21.9 Å². The Bertz CT molecular complexity index is 560. The molecule has 2 rings (SSSR count). The molecule has 0 aliphatic heterocycles. The normalized spacial score (nSPS) is 10.4. The highest BCUT2D eigenvalue weighted by atomic mass is 16.5. The summed E-state index contributed by atoms with van der Waals surface area (Å²) in [5.74, 6) is 2.64. The topological polar surface area (TPSA) is 39.9 Å². The first-order chi connectivity index (χ1) is 9.27. The molecule has 0 aliphatic carbocycles. The number of ether oxygens (including phenoxy) is 1. The Morgan fingerprint density at radius 2 is 2.11 bits per heavy atom. The summed E-state index contributed by atoms with van der Waals surface area (Å²) >= 11 is 0. The number of hydrogen-bond acceptors (Lipinski definition) is 3. The number of methoxy groups -OCH3 is 1. The maximum Gasteiger partial charge on any atom is 0.167 e. The van der Waals surface area contributed by atoms with Crippen molar-refractivity contribution in [2.24, 2.45) is 7.05 Å². The minimum atomic E-state index is 0.815. The zero-order valence-corrected chi connectivity index (χ0v) is 11.5. The summed E-state index contributed by atoms with van der Waals surface area (Å²) in [5, 5.41) is 8.54. The van der Waals surface area contributed by atoms with Crippen LogP contribution in [-0.2, 0) is 13.5 Å². The summed E-state index contributed by atoms with van der Waals surface area (Å²) in [6.07, 6.45) is 4.88. The van der Waals surface area contributed by atoms with Gasteiger partial charge in [0, 0.05) is 13.5 Å². The van der Waals surface area contributed by atoms with Crippen LogP contribution in [0.15, 0.2) is 36.9 Å². The Hall–Kier alpha value is -2.10. The van der Waals surface area contributed by atoms with E-state index < -0.39 is 0 Å². The lowest BCUT2D eigenvalue weighted by Gasteiger charge is -2.08. The van der Waals surface area contributed by atoms with Gasteiger partial charge in [-0.05, 0) is 25.0 Å². The van der Waals surface area contributed by atoms with Gasteiger partial charge in [0.1, 0.15) is 11.6 Å². The van der Waals surface area contributed by atoms with Crippen molar-refractivity contribution in [1.82, 2.24) is 14.8 Å². The number of para-hydroxylation sites is 1. The van der Waals surface area contributed by atoms with E-state index in [2.05, 4.69) is 16.8 Å². The predicted octanol–water partition coefficient (Wildman–Crippen LogP) is 3.00. The molecule has 100 valence electrons. The Labute approximate surface area is 113 Å². The third kappa shape index (κ3) is 2.84. The van der Waals surface area contributed by atoms with Crippen molar-refractivity contribution < 1.29 is 4.74 Å². The summed E-state index contributed by atoms with van der Waals surface area (Å²) in [6, 6.07) is 7.85. The second-order valence-electron chi connectivity index (χ2n) is 4.38. The molecular weight excluding hydrogens is 238 g/mol. The molecule has 4 nitrogen and oxygen atoms in total. The molecule has 0 spiro atoms. The van der Waals surface area contributed by atoms with Crippen molar-refractivity contribution in [3.05, 3.63) is 42.7 Å². The van der Waals surface area contributed by atoms with Crippen LogP contribution in [0.5, 0.6) is 5.75 Å². The zero-order valence-electron chi connectivity index (χ0n) is 11.5.